The quantitative estimate of drug-likeness (QED) is 0.800. The molecule has 0 bridgehead atoms. The summed E-state index contributed by atoms with van der Waals surface area (Å²) in [4.78, 5) is 0. The van der Waals surface area contributed by atoms with Crippen LogP contribution in [0.4, 0.5) is 8.78 Å². The van der Waals surface area contributed by atoms with Gasteiger partial charge in [0.25, 0.3) is 0 Å². The van der Waals surface area contributed by atoms with E-state index in [2.05, 4.69) is 21.2 Å². The molecular formula is C15H20BrF2NO. The van der Waals surface area contributed by atoms with Crippen molar-refractivity contribution in [3.8, 4) is 0 Å². The molecule has 2 nitrogen and oxygen atoms in total. The molecule has 1 aromatic carbocycles. The summed E-state index contributed by atoms with van der Waals surface area (Å²) in [6.45, 7) is 2.45. The SMILES string of the molecule is CCOC1(C(NC)c2c(F)ccc(Br)c2F)CCCC1. The van der Waals surface area contributed by atoms with Gasteiger partial charge in [-0.1, -0.05) is 12.8 Å². The third-order valence-corrected chi connectivity index (χ3v) is 4.68. The Balaban J connectivity index is 2.49. The van der Waals surface area contributed by atoms with Gasteiger partial charge in [0.05, 0.1) is 16.1 Å². The Hall–Kier alpha value is -0.520. The van der Waals surface area contributed by atoms with Crippen LogP contribution in [0.25, 0.3) is 0 Å². The van der Waals surface area contributed by atoms with E-state index in [0.717, 1.165) is 25.7 Å². The van der Waals surface area contributed by atoms with Gasteiger partial charge in [-0.05, 0) is 54.9 Å². The molecule has 1 atom stereocenters. The summed E-state index contributed by atoms with van der Waals surface area (Å²) in [5, 5.41) is 3.07. The smallest absolute Gasteiger partial charge is 0.145 e. The van der Waals surface area contributed by atoms with Crippen molar-refractivity contribution in [2.75, 3.05) is 13.7 Å². The first kappa shape index (κ1) is 15.9. The van der Waals surface area contributed by atoms with E-state index in [-0.39, 0.29) is 10.0 Å². The Morgan fingerprint density at radius 3 is 2.55 bits per heavy atom. The molecule has 0 aliphatic heterocycles. The van der Waals surface area contributed by atoms with Crippen LogP contribution >= 0.6 is 15.9 Å². The van der Waals surface area contributed by atoms with Gasteiger partial charge in [0.1, 0.15) is 11.6 Å². The van der Waals surface area contributed by atoms with Crippen molar-refractivity contribution in [2.24, 2.45) is 0 Å². The lowest BCUT2D eigenvalue weighted by atomic mass is 9.86. The first-order valence-corrected chi connectivity index (χ1v) is 7.79. The van der Waals surface area contributed by atoms with Crippen LogP contribution in [-0.2, 0) is 4.74 Å². The largest absolute Gasteiger partial charge is 0.373 e. The number of halogens is 3. The highest BCUT2D eigenvalue weighted by atomic mass is 79.9. The molecular weight excluding hydrogens is 328 g/mol. The van der Waals surface area contributed by atoms with Gasteiger partial charge in [0, 0.05) is 12.2 Å². The number of rotatable bonds is 5. The van der Waals surface area contributed by atoms with E-state index >= 15 is 0 Å². The van der Waals surface area contributed by atoms with Crippen LogP contribution in [0.1, 0.15) is 44.2 Å². The van der Waals surface area contributed by atoms with Crippen molar-refractivity contribution >= 4 is 15.9 Å². The lowest BCUT2D eigenvalue weighted by molar-refractivity contribution is -0.0625. The molecule has 1 aliphatic rings. The molecule has 1 aliphatic carbocycles. The molecule has 112 valence electrons. The monoisotopic (exact) mass is 347 g/mol. The van der Waals surface area contributed by atoms with Gasteiger partial charge in [-0.15, -0.1) is 0 Å². The third kappa shape index (κ3) is 2.76. The molecule has 1 N–H and O–H groups in total. The highest BCUT2D eigenvalue weighted by molar-refractivity contribution is 9.10. The van der Waals surface area contributed by atoms with Crippen LogP contribution < -0.4 is 5.32 Å². The Morgan fingerprint density at radius 2 is 2.00 bits per heavy atom. The fraction of sp³-hybridized carbons (Fsp3) is 0.600. The average molecular weight is 348 g/mol. The zero-order valence-corrected chi connectivity index (χ0v) is 13.4. The normalized spacial score (nSPS) is 19.2. The fourth-order valence-corrected chi connectivity index (χ4v) is 3.60. The Kier molecular flexibility index (Phi) is 5.15. The minimum absolute atomic E-state index is 0.0669. The van der Waals surface area contributed by atoms with E-state index in [1.165, 1.54) is 12.1 Å². The van der Waals surface area contributed by atoms with E-state index in [1.54, 1.807) is 7.05 Å². The van der Waals surface area contributed by atoms with Gasteiger partial charge in [-0.3, -0.25) is 0 Å². The van der Waals surface area contributed by atoms with Crippen molar-refractivity contribution in [2.45, 2.75) is 44.2 Å². The molecule has 0 saturated heterocycles. The van der Waals surface area contributed by atoms with Gasteiger partial charge in [-0.25, -0.2) is 8.78 Å². The molecule has 2 rings (SSSR count). The molecule has 1 fully saturated rings. The highest BCUT2D eigenvalue weighted by Gasteiger charge is 2.44. The van der Waals surface area contributed by atoms with E-state index < -0.39 is 23.3 Å². The second-order valence-corrected chi connectivity index (χ2v) is 6.04. The number of likely N-dealkylation sites (N-methyl/N-ethyl adjacent to an activating group) is 1. The Labute approximate surface area is 127 Å². The van der Waals surface area contributed by atoms with Crippen LogP contribution in [0.15, 0.2) is 16.6 Å². The molecule has 0 spiro atoms. The average Bonchev–Trinajstić information content (AvgIpc) is 2.89. The number of hydrogen-bond acceptors (Lipinski definition) is 2. The van der Waals surface area contributed by atoms with Crippen LogP contribution in [0.5, 0.6) is 0 Å². The molecule has 0 radical (unpaired) electrons. The van der Waals surface area contributed by atoms with E-state index in [1.807, 2.05) is 6.92 Å². The topological polar surface area (TPSA) is 21.3 Å². The van der Waals surface area contributed by atoms with E-state index in [0.29, 0.717) is 6.61 Å². The van der Waals surface area contributed by atoms with Gasteiger partial charge < -0.3 is 10.1 Å². The number of ether oxygens (including phenoxy) is 1. The van der Waals surface area contributed by atoms with Crippen LogP contribution in [0, 0.1) is 11.6 Å². The molecule has 5 heteroatoms. The Morgan fingerprint density at radius 1 is 1.35 bits per heavy atom. The van der Waals surface area contributed by atoms with Gasteiger partial charge in [0.15, 0.2) is 0 Å². The van der Waals surface area contributed by atoms with E-state index in [4.69, 9.17) is 4.74 Å². The number of benzene rings is 1. The Bertz CT molecular complexity index is 475. The lowest BCUT2D eigenvalue weighted by Crippen LogP contribution is -2.44. The standard InChI is InChI=1S/C15H20BrF2NO/c1-3-20-15(8-4-5-9-15)14(19-2)12-11(17)7-6-10(16)13(12)18/h6-7,14,19H,3-5,8-9H2,1-2H3. The minimum atomic E-state index is -0.546. The predicted molar refractivity (Wildman–Crippen MR) is 78.7 cm³/mol. The first-order chi connectivity index (χ1) is 9.55. The summed E-state index contributed by atoms with van der Waals surface area (Å²) in [7, 11) is 1.73. The van der Waals surface area contributed by atoms with Crippen molar-refractivity contribution in [3.63, 3.8) is 0 Å². The zero-order chi connectivity index (χ0) is 14.8. The molecule has 20 heavy (non-hydrogen) atoms. The summed E-state index contributed by atoms with van der Waals surface area (Å²) >= 11 is 3.13. The van der Waals surface area contributed by atoms with Crippen LogP contribution in [0.2, 0.25) is 0 Å². The van der Waals surface area contributed by atoms with Crippen molar-refractivity contribution < 1.29 is 13.5 Å². The number of hydrogen-bond donors (Lipinski definition) is 1. The van der Waals surface area contributed by atoms with Gasteiger partial charge in [-0.2, -0.15) is 0 Å². The molecule has 1 saturated carbocycles. The maximum Gasteiger partial charge on any atom is 0.145 e. The summed E-state index contributed by atoms with van der Waals surface area (Å²) < 4.78 is 34.8. The molecule has 1 unspecified atom stereocenters. The summed E-state index contributed by atoms with van der Waals surface area (Å²) in [6, 6.07) is 2.20. The molecule has 1 aromatic rings. The van der Waals surface area contributed by atoms with Crippen LogP contribution in [0.3, 0.4) is 0 Å². The predicted octanol–water partition coefficient (Wildman–Crippen LogP) is 4.34. The van der Waals surface area contributed by atoms with Gasteiger partial charge >= 0.3 is 0 Å². The minimum Gasteiger partial charge on any atom is -0.373 e. The molecule has 0 amide bonds. The fourth-order valence-electron chi connectivity index (χ4n) is 3.26. The van der Waals surface area contributed by atoms with Crippen molar-refractivity contribution in [3.05, 3.63) is 33.8 Å². The van der Waals surface area contributed by atoms with Crippen molar-refractivity contribution in [1.82, 2.24) is 5.32 Å². The lowest BCUT2D eigenvalue weighted by Gasteiger charge is -2.38. The summed E-state index contributed by atoms with van der Waals surface area (Å²) in [6.07, 6.45) is 3.68. The second kappa shape index (κ2) is 6.50. The van der Waals surface area contributed by atoms with Crippen LogP contribution in [-0.4, -0.2) is 19.3 Å². The number of nitrogens with one attached hydrogen (secondary N) is 1. The third-order valence-electron chi connectivity index (χ3n) is 4.06. The van der Waals surface area contributed by atoms with Crippen molar-refractivity contribution in [1.29, 1.82) is 0 Å². The zero-order valence-electron chi connectivity index (χ0n) is 11.8. The summed E-state index contributed by atoms with van der Waals surface area (Å²) in [5.41, 5.74) is -0.455. The molecule has 0 aromatic heterocycles. The maximum absolute atomic E-state index is 14.4. The highest BCUT2D eigenvalue weighted by Crippen LogP contribution is 2.44. The maximum atomic E-state index is 14.4. The summed E-state index contributed by atoms with van der Waals surface area (Å²) in [5.74, 6) is -1.08. The first-order valence-electron chi connectivity index (χ1n) is 7.00. The second-order valence-electron chi connectivity index (χ2n) is 5.18. The molecule has 0 heterocycles. The van der Waals surface area contributed by atoms with E-state index in [9.17, 15) is 8.78 Å². The van der Waals surface area contributed by atoms with Gasteiger partial charge in [0.2, 0.25) is 0 Å².